The van der Waals surface area contributed by atoms with Crippen LogP contribution in [0.15, 0.2) is 77.4 Å². The molecule has 0 radical (unpaired) electrons. The Hall–Kier alpha value is -2.40. The van der Waals surface area contributed by atoms with Crippen LogP contribution in [0.2, 0.25) is 0 Å². The van der Waals surface area contributed by atoms with E-state index in [1.807, 2.05) is 30.3 Å². The van der Waals surface area contributed by atoms with Crippen molar-refractivity contribution in [1.29, 1.82) is 0 Å². The van der Waals surface area contributed by atoms with Crippen molar-refractivity contribution in [3.63, 3.8) is 0 Å². The van der Waals surface area contributed by atoms with Crippen molar-refractivity contribution >= 4 is 0 Å². The van der Waals surface area contributed by atoms with E-state index in [9.17, 15) is 5.11 Å². The van der Waals surface area contributed by atoms with Crippen molar-refractivity contribution in [1.82, 2.24) is 4.90 Å². The number of aliphatic hydroxyl groups is 1. The zero-order valence-corrected chi connectivity index (χ0v) is 15.8. The third-order valence-corrected chi connectivity index (χ3v) is 4.38. The second kappa shape index (κ2) is 10.1. The molecule has 3 rings (SSSR count). The normalized spacial score (nSPS) is 12.4. The standard InChI is InChI=1S/C23H27NO3/c1-19-9-11-21(12-10-19)15-24(14-20-6-3-2-4-7-20)16-22(25)17-26-18-23-8-5-13-27-23/h2-13,22,25H,14-18H2,1H3/t22-/m0/s1. The molecule has 1 N–H and O–H groups in total. The molecule has 0 fully saturated rings. The summed E-state index contributed by atoms with van der Waals surface area (Å²) in [7, 11) is 0. The van der Waals surface area contributed by atoms with E-state index < -0.39 is 6.10 Å². The predicted octanol–water partition coefficient (Wildman–Crippen LogP) is 4.17. The van der Waals surface area contributed by atoms with E-state index >= 15 is 0 Å². The van der Waals surface area contributed by atoms with E-state index in [4.69, 9.17) is 9.15 Å². The number of benzene rings is 2. The van der Waals surface area contributed by atoms with Gasteiger partial charge < -0.3 is 14.3 Å². The minimum atomic E-state index is -0.561. The summed E-state index contributed by atoms with van der Waals surface area (Å²) in [5, 5.41) is 10.5. The van der Waals surface area contributed by atoms with Crippen molar-refractivity contribution in [3.8, 4) is 0 Å². The summed E-state index contributed by atoms with van der Waals surface area (Å²) in [5.74, 6) is 0.767. The van der Waals surface area contributed by atoms with Gasteiger partial charge in [0.1, 0.15) is 12.4 Å². The summed E-state index contributed by atoms with van der Waals surface area (Å²) in [4.78, 5) is 2.25. The zero-order valence-electron chi connectivity index (χ0n) is 15.8. The predicted molar refractivity (Wildman–Crippen MR) is 106 cm³/mol. The minimum absolute atomic E-state index is 0.278. The van der Waals surface area contributed by atoms with E-state index in [0.29, 0.717) is 13.2 Å². The molecule has 0 saturated carbocycles. The Balaban J connectivity index is 1.56. The number of ether oxygens (including phenoxy) is 1. The Morgan fingerprint density at radius 1 is 0.926 bits per heavy atom. The smallest absolute Gasteiger partial charge is 0.129 e. The van der Waals surface area contributed by atoms with Gasteiger partial charge in [-0.05, 0) is 30.2 Å². The SMILES string of the molecule is Cc1ccc(CN(Cc2ccccc2)C[C@H](O)COCc2ccco2)cc1. The van der Waals surface area contributed by atoms with Crippen LogP contribution in [0.1, 0.15) is 22.5 Å². The van der Waals surface area contributed by atoms with Crippen LogP contribution in [0.4, 0.5) is 0 Å². The first-order valence-electron chi connectivity index (χ1n) is 9.29. The van der Waals surface area contributed by atoms with Gasteiger partial charge in [0, 0.05) is 19.6 Å². The molecule has 1 heterocycles. The van der Waals surface area contributed by atoms with Gasteiger partial charge in [0.05, 0.1) is 19.0 Å². The van der Waals surface area contributed by atoms with Gasteiger partial charge in [-0.2, -0.15) is 0 Å². The third kappa shape index (κ3) is 6.68. The lowest BCUT2D eigenvalue weighted by atomic mass is 10.1. The number of nitrogens with zero attached hydrogens (tertiary/aromatic N) is 1. The maximum Gasteiger partial charge on any atom is 0.129 e. The lowest BCUT2D eigenvalue weighted by Gasteiger charge is -2.25. The van der Waals surface area contributed by atoms with Crippen molar-refractivity contribution in [2.45, 2.75) is 32.7 Å². The molecular formula is C23H27NO3. The van der Waals surface area contributed by atoms with Crippen LogP contribution in [0, 0.1) is 6.92 Å². The highest BCUT2D eigenvalue weighted by Gasteiger charge is 2.14. The highest BCUT2D eigenvalue weighted by molar-refractivity contribution is 5.21. The Kier molecular flexibility index (Phi) is 7.22. The monoisotopic (exact) mass is 365 g/mol. The molecule has 0 aliphatic carbocycles. The topological polar surface area (TPSA) is 45.8 Å². The molecule has 0 saturated heterocycles. The second-order valence-electron chi connectivity index (χ2n) is 6.89. The van der Waals surface area contributed by atoms with Crippen molar-refractivity contribution < 1.29 is 14.3 Å². The second-order valence-corrected chi connectivity index (χ2v) is 6.89. The molecule has 0 spiro atoms. The fourth-order valence-corrected chi connectivity index (χ4v) is 3.02. The van der Waals surface area contributed by atoms with Gasteiger partial charge in [0.25, 0.3) is 0 Å². The molecule has 0 unspecified atom stereocenters. The first-order chi connectivity index (χ1) is 13.2. The van der Waals surface area contributed by atoms with E-state index in [1.54, 1.807) is 6.26 Å². The average Bonchev–Trinajstić information content (AvgIpc) is 3.18. The molecular weight excluding hydrogens is 338 g/mol. The van der Waals surface area contributed by atoms with Crippen molar-refractivity contribution in [2.75, 3.05) is 13.2 Å². The first-order valence-corrected chi connectivity index (χ1v) is 9.29. The molecule has 27 heavy (non-hydrogen) atoms. The van der Waals surface area contributed by atoms with E-state index in [1.165, 1.54) is 16.7 Å². The van der Waals surface area contributed by atoms with Gasteiger partial charge in [-0.15, -0.1) is 0 Å². The number of furan rings is 1. The molecule has 1 aromatic heterocycles. The summed E-state index contributed by atoms with van der Waals surface area (Å²) < 4.78 is 10.8. The van der Waals surface area contributed by atoms with Gasteiger partial charge in [0.2, 0.25) is 0 Å². The maximum atomic E-state index is 10.5. The Morgan fingerprint density at radius 3 is 2.30 bits per heavy atom. The Labute approximate surface area is 161 Å². The maximum absolute atomic E-state index is 10.5. The quantitative estimate of drug-likeness (QED) is 0.586. The van der Waals surface area contributed by atoms with Crippen molar-refractivity contribution in [3.05, 3.63) is 95.4 Å². The summed E-state index contributed by atoms with van der Waals surface area (Å²) in [5.41, 5.74) is 3.72. The van der Waals surface area contributed by atoms with Crippen LogP contribution in [0.25, 0.3) is 0 Å². The fourth-order valence-electron chi connectivity index (χ4n) is 3.02. The van der Waals surface area contributed by atoms with Crippen molar-refractivity contribution in [2.24, 2.45) is 0 Å². The number of rotatable bonds is 10. The highest BCUT2D eigenvalue weighted by atomic mass is 16.5. The molecule has 0 aliphatic heterocycles. The molecule has 142 valence electrons. The summed E-state index contributed by atoms with van der Waals surface area (Å²) >= 11 is 0. The molecule has 0 amide bonds. The first kappa shape index (κ1) is 19.4. The molecule has 4 nitrogen and oxygen atoms in total. The van der Waals surface area contributed by atoms with Gasteiger partial charge >= 0.3 is 0 Å². The van der Waals surface area contributed by atoms with E-state index in [2.05, 4.69) is 48.2 Å². The van der Waals surface area contributed by atoms with E-state index in [-0.39, 0.29) is 6.61 Å². The molecule has 1 atom stereocenters. The molecule has 4 heteroatoms. The summed E-state index contributed by atoms with van der Waals surface area (Å²) in [6, 6.07) is 22.6. The van der Waals surface area contributed by atoms with Gasteiger partial charge in [-0.1, -0.05) is 60.2 Å². The number of aryl methyl sites for hydroxylation is 1. The molecule has 0 bridgehead atoms. The van der Waals surface area contributed by atoms with Gasteiger partial charge in [0.15, 0.2) is 0 Å². The van der Waals surface area contributed by atoms with Gasteiger partial charge in [-0.25, -0.2) is 0 Å². The molecule has 0 aliphatic rings. The lowest BCUT2D eigenvalue weighted by molar-refractivity contribution is 0.00253. The Bertz CT molecular complexity index is 769. The van der Waals surface area contributed by atoms with Crippen LogP contribution in [0.5, 0.6) is 0 Å². The lowest BCUT2D eigenvalue weighted by Crippen LogP contribution is -2.34. The van der Waals surface area contributed by atoms with Crippen LogP contribution in [0.3, 0.4) is 0 Å². The van der Waals surface area contributed by atoms with Crippen LogP contribution >= 0.6 is 0 Å². The minimum Gasteiger partial charge on any atom is -0.467 e. The number of hydrogen-bond acceptors (Lipinski definition) is 4. The third-order valence-electron chi connectivity index (χ3n) is 4.38. The van der Waals surface area contributed by atoms with Gasteiger partial charge in [-0.3, -0.25) is 4.90 Å². The fraction of sp³-hybridized carbons (Fsp3) is 0.304. The van der Waals surface area contributed by atoms with Crippen LogP contribution in [-0.4, -0.2) is 29.3 Å². The highest BCUT2D eigenvalue weighted by Crippen LogP contribution is 2.12. The Morgan fingerprint density at radius 2 is 1.63 bits per heavy atom. The largest absolute Gasteiger partial charge is 0.467 e. The zero-order chi connectivity index (χ0) is 18.9. The molecule has 2 aromatic carbocycles. The average molecular weight is 365 g/mol. The number of aliphatic hydroxyl groups excluding tert-OH is 1. The number of hydrogen-bond donors (Lipinski definition) is 1. The van der Waals surface area contributed by atoms with E-state index in [0.717, 1.165) is 18.8 Å². The summed E-state index contributed by atoms with van der Waals surface area (Å²) in [6.07, 6.45) is 1.06. The van der Waals surface area contributed by atoms with Crippen LogP contribution < -0.4 is 0 Å². The summed E-state index contributed by atoms with van der Waals surface area (Å²) in [6.45, 7) is 4.85. The molecule has 3 aromatic rings. The van der Waals surface area contributed by atoms with Crippen LogP contribution in [-0.2, 0) is 24.4 Å².